The van der Waals surface area contributed by atoms with Gasteiger partial charge in [-0.05, 0) is 48.7 Å². The molecule has 0 bridgehead atoms. The largest absolute Gasteiger partial charge is 0.266 e. The Kier molecular flexibility index (Phi) is 5.60. The van der Waals surface area contributed by atoms with E-state index < -0.39 is 20.0 Å². The molecule has 2 aromatic rings. The fraction of sp³-hybridized carbons (Fsp3) is 0.368. The lowest BCUT2D eigenvalue weighted by Crippen LogP contribution is -2.35. The van der Waals surface area contributed by atoms with Gasteiger partial charge >= 0.3 is 0 Å². The molecule has 27 heavy (non-hydrogen) atoms. The summed E-state index contributed by atoms with van der Waals surface area (Å²) in [5.41, 5.74) is 1.71. The first-order chi connectivity index (χ1) is 12.8. The molecule has 1 aliphatic heterocycles. The third-order valence-electron chi connectivity index (χ3n) is 4.82. The van der Waals surface area contributed by atoms with Gasteiger partial charge in [-0.15, -0.1) is 0 Å². The number of fused-ring (bicyclic) bond motifs is 1. The number of benzene rings is 2. The van der Waals surface area contributed by atoms with Crippen molar-refractivity contribution < 1.29 is 16.8 Å². The smallest absolute Gasteiger partial charge is 0.264 e. The molecule has 8 heteroatoms. The van der Waals surface area contributed by atoms with Crippen molar-refractivity contribution in [2.24, 2.45) is 0 Å². The molecule has 2 aromatic carbocycles. The number of anilines is 1. The number of hydrogen-bond donors (Lipinski definition) is 0. The van der Waals surface area contributed by atoms with Gasteiger partial charge in [0.05, 0.1) is 15.5 Å². The zero-order valence-corrected chi connectivity index (χ0v) is 17.1. The molecule has 0 saturated heterocycles. The Labute approximate surface area is 161 Å². The summed E-state index contributed by atoms with van der Waals surface area (Å²) in [4.78, 5) is 0.196. The third-order valence-corrected chi connectivity index (χ3v) is 8.71. The van der Waals surface area contributed by atoms with Crippen molar-refractivity contribution in [3.05, 3.63) is 54.1 Å². The monoisotopic (exact) mass is 408 g/mol. The standard InChI is InChI=1S/C19H24N2O4S2/c1-3-20(4-2)26(22,23)17-11-13-18(14-12-17)27(24,25)21-15-7-9-16-8-5-6-10-19(16)21/h5-6,8,10-14H,3-4,7,9,15H2,1-2H3. The highest BCUT2D eigenvalue weighted by atomic mass is 32.2. The van der Waals surface area contributed by atoms with Crippen molar-refractivity contribution in [2.75, 3.05) is 23.9 Å². The van der Waals surface area contributed by atoms with Crippen LogP contribution >= 0.6 is 0 Å². The molecule has 0 amide bonds. The maximum Gasteiger partial charge on any atom is 0.264 e. The van der Waals surface area contributed by atoms with Crippen LogP contribution in [0.2, 0.25) is 0 Å². The Morgan fingerprint density at radius 3 is 2.11 bits per heavy atom. The summed E-state index contributed by atoms with van der Waals surface area (Å²) in [6.45, 7) is 4.69. The Bertz CT molecular complexity index is 1010. The minimum Gasteiger partial charge on any atom is -0.266 e. The fourth-order valence-electron chi connectivity index (χ4n) is 3.37. The number of rotatable bonds is 6. The van der Waals surface area contributed by atoms with E-state index in [2.05, 4.69) is 0 Å². The highest BCUT2D eigenvalue weighted by Gasteiger charge is 2.29. The van der Waals surface area contributed by atoms with E-state index in [1.807, 2.05) is 24.3 Å². The van der Waals surface area contributed by atoms with E-state index in [1.165, 1.54) is 32.9 Å². The minimum atomic E-state index is -3.74. The average Bonchev–Trinajstić information content (AvgIpc) is 2.68. The molecule has 0 atom stereocenters. The molecule has 146 valence electrons. The minimum absolute atomic E-state index is 0.0951. The first-order valence-corrected chi connectivity index (χ1v) is 11.9. The summed E-state index contributed by atoms with van der Waals surface area (Å²) < 4.78 is 54.2. The molecular formula is C19H24N2O4S2. The lowest BCUT2D eigenvalue weighted by Gasteiger charge is -2.30. The molecule has 0 aromatic heterocycles. The topological polar surface area (TPSA) is 74.8 Å². The van der Waals surface area contributed by atoms with Gasteiger partial charge in [0.2, 0.25) is 10.0 Å². The molecular weight excluding hydrogens is 384 g/mol. The maximum atomic E-state index is 13.1. The molecule has 1 heterocycles. The Hall–Kier alpha value is -1.90. The molecule has 0 N–H and O–H groups in total. The molecule has 1 aliphatic rings. The van der Waals surface area contributed by atoms with Gasteiger partial charge in [0.15, 0.2) is 0 Å². The van der Waals surface area contributed by atoms with Crippen molar-refractivity contribution in [3.63, 3.8) is 0 Å². The first-order valence-electron chi connectivity index (χ1n) is 9.03. The predicted octanol–water partition coefficient (Wildman–Crippen LogP) is 2.86. The van der Waals surface area contributed by atoms with Crippen molar-refractivity contribution in [2.45, 2.75) is 36.5 Å². The zero-order valence-electron chi connectivity index (χ0n) is 15.5. The maximum absolute atomic E-state index is 13.1. The highest BCUT2D eigenvalue weighted by molar-refractivity contribution is 7.93. The summed E-state index contributed by atoms with van der Waals surface area (Å²) in [6, 6.07) is 13.0. The highest BCUT2D eigenvalue weighted by Crippen LogP contribution is 2.32. The molecule has 0 fully saturated rings. The van der Waals surface area contributed by atoms with Crippen molar-refractivity contribution in [1.82, 2.24) is 4.31 Å². The van der Waals surface area contributed by atoms with Crippen LogP contribution in [0.25, 0.3) is 0 Å². The van der Waals surface area contributed by atoms with Crippen molar-refractivity contribution in [3.8, 4) is 0 Å². The second kappa shape index (κ2) is 7.61. The van der Waals surface area contributed by atoms with Gasteiger partial charge in [-0.3, -0.25) is 4.31 Å². The van der Waals surface area contributed by atoms with E-state index in [1.54, 1.807) is 13.8 Å². The van der Waals surface area contributed by atoms with Crippen LogP contribution in [0.3, 0.4) is 0 Å². The summed E-state index contributed by atoms with van der Waals surface area (Å²) >= 11 is 0. The first kappa shape index (κ1) is 19.9. The van der Waals surface area contributed by atoms with Crippen LogP contribution < -0.4 is 4.31 Å². The molecule has 0 unspecified atom stereocenters. The molecule has 6 nitrogen and oxygen atoms in total. The van der Waals surface area contributed by atoms with Crippen molar-refractivity contribution in [1.29, 1.82) is 0 Å². The average molecular weight is 409 g/mol. The van der Waals surface area contributed by atoms with E-state index >= 15 is 0 Å². The normalized spacial score (nSPS) is 15.0. The van der Waals surface area contributed by atoms with E-state index in [0.717, 1.165) is 18.4 Å². The number of sulfonamides is 2. The lowest BCUT2D eigenvalue weighted by atomic mass is 10.0. The second-order valence-corrected chi connectivity index (χ2v) is 10.2. The van der Waals surface area contributed by atoms with E-state index in [-0.39, 0.29) is 9.79 Å². The van der Waals surface area contributed by atoms with Gasteiger partial charge in [-0.2, -0.15) is 4.31 Å². The van der Waals surface area contributed by atoms with Gasteiger partial charge in [0.25, 0.3) is 10.0 Å². The number of aryl methyl sites for hydroxylation is 1. The summed E-state index contributed by atoms with van der Waals surface area (Å²) in [5, 5.41) is 0. The molecule has 3 rings (SSSR count). The van der Waals surface area contributed by atoms with Crippen LogP contribution in [0.15, 0.2) is 58.3 Å². The number of hydrogen-bond acceptors (Lipinski definition) is 4. The van der Waals surface area contributed by atoms with Gasteiger partial charge in [0.1, 0.15) is 0 Å². The number of nitrogens with zero attached hydrogens (tertiary/aromatic N) is 2. The molecule has 0 radical (unpaired) electrons. The Morgan fingerprint density at radius 1 is 0.889 bits per heavy atom. The molecule has 0 saturated carbocycles. The molecule has 0 spiro atoms. The van der Waals surface area contributed by atoms with Crippen LogP contribution in [0.1, 0.15) is 25.8 Å². The SMILES string of the molecule is CCN(CC)S(=O)(=O)c1ccc(S(=O)(=O)N2CCCc3ccccc32)cc1. The van der Waals surface area contributed by atoms with E-state index in [4.69, 9.17) is 0 Å². The van der Waals surface area contributed by atoms with Crippen LogP contribution in [-0.2, 0) is 26.5 Å². The van der Waals surface area contributed by atoms with Gasteiger partial charge in [-0.25, -0.2) is 16.8 Å². The van der Waals surface area contributed by atoms with Gasteiger partial charge < -0.3 is 0 Å². The van der Waals surface area contributed by atoms with Gasteiger partial charge in [0, 0.05) is 19.6 Å². The number of para-hydroxylation sites is 1. The Morgan fingerprint density at radius 2 is 1.48 bits per heavy atom. The quantitative estimate of drug-likeness (QED) is 0.737. The fourth-order valence-corrected chi connectivity index (χ4v) is 6.37. The van der Waals surface area contributed by atoms with Gasteiger partial charge in [-0.1, -0.05) is 32.0 Å². The second-order valence-electron chi connectivity index (χ2n) is 6.37. The summed E-state index contributed by atoms with van der Waals surface area (Å²) in [5.74, 6) is 0. The lowest BCUT2D eigenvalue weighted by molar-refractivity contribution is 0.445. The third kappa shape index (κ3) is 3.61. The van der Waals surface area contributed by atoms with Crippen LogP contribution in [-0.4, -0.2) is 40.8 Å². The van der Waals surface area contributed by atoms with Crippen LogP contribution in [0.4, 0.5) is 5.69 Å². The predicted molar refractivity (Wildman–Crippen MR) is 106 cm³/mol. The summed E-state index contributed by atoms with van der Waals surface area (Å²) in [6.07, 6.45) is 1.61. The van der Waals surface area contributed by atoms with Crippen LogP contribution in [0, 0.1) is 0 Å². The van der Waals surface area contributed by atoms with E-state index in [9.17, 15) is 16.8 Å². The zero-order chi connectivity index (χ0) is 19.7. The van der Waals surface area contributed by atoms with Crippen LogP contribution in [0.5, 0.6) is 0 Å². The van der Waals surface area contributed by atoms with E-state index in [0.29, 0.717) is 25.3 Å². The Balaban J connectivity index is 1.96. The summed E-state index contributed by atoms with van der Waals surface area (Å²) in [7, 11) is -7.36. The van der Waals surface area contributed by atoms with Crippen molar-refractivity contribution >= 4 is 25.7 Å². The molecule has 0 aliphatic carbocycles.